The Labute approximate surface area is 104 Å². The van der Waals surface area contributed by atoms with Crippen molar-refractivity contribution in [2.45, 2.75) is 33.1 Å². The SMILES string of the molecule is CSCCCCC(=O)N(C)CC(C)(C)CN. The summed E-state index contributed by atoms with van der Waals surface area (Å²) in [5.74, 6) is 1.38. The largest absolute Gasteiger partial charge is 0.345 e. The predicted molar refractivity (Wildman–Crippen MR) is 72.7 cm³/mol. The first kappa shape index (κ1) is 15.8. The highest BCUT2D eigenvalue weighted by molar-refractivity contribution is 7.98. The second-order valence-electron chi connectivity index (χ2n) is 5.07. The van der Waals surface area contributed by atoms with Crippen LogP contribution < -0.4 is 5.73 Å². The van der Waals surface area contributed by atoms with E-state index in [1.165, 1.54) is 0 Å². The second-order valence-corrected chi connectivity index (χ2v) is 6.05. The molecule has 0 aliphatic heterocycles. The van der Waals surface area contributed by atoms with Crippen molar-refractivity contribution in [2.75, 3.05) is 32.1 Å². The Balaban J connectivity index is 3.82. The van der Waals surface area contributed by atoms with Crippen molar-refractivity contribution in [3.8, 4) is 0 Å². The molecule has 0 aliphatic carbocycles. The van der Waals surface area contributed by atoms with Gasteiger partial charge in [-0.15, -0.1) is 0 Å². The Morgan fingerprint density at radius 3 is 2.50 bits per heavy atom. The van der Waals surface area contributed by atoms with Crippen LogP contribution >= 0.6 is 11.8 Å². The Bertz CT molecular complexity index is 207. The molecule has 0 spiro atoms. The molecule has 4 heteroatoms. The van der Waals surface area contributed by atoms with Gasteiger partial charge in [-0.1, -0.05) is 13.8 Å². The van der Waals surface area contributed by atoms with E-state index in [9.17, 15) is 4.79 Å². The summed E-state index contributed by atoms with van der Waals surface area (Å²) in [6, 6.07) is 0. The van der Waals surface area contributed by atoms with E-state index in [0.29, 0.717) is 13.0 Å². The molecule has 96 valence electrons. The van der Waals surface area contributed by atoms with E-state index in [1.807, 2.05) is 23.7 Å². The Hall–Kier alpha value is -0.220. The van der Waals surface area contributed by atoms with Gasteiger partial charge in [-0.25, -0.2) is 0 Å². The van der Waals surface area contributed by atoms with Crippen molar-refractivity contribution >= 4 is 17.7 Å². The summed E-state index contributed by atoms with van der Waals surface area (Å²) in [7, 11) is 1.87. The number of unbranched alkanes of at least 4 members (excludes halogenated alkanes) is 1. The minimum atomic E-state index is 0.0175. The maximum Gasteiger partial charge on any atom is 0.222 e. The molecule has 0 saturated heterocycles. The fourth-order valence-electron chi connectivity index (χ4n) is 1.51. The van der Waals surface area contributed by atoms with Gasteiger partial charge in [0.2, 0.25) is 5.91 Å². The van der Waals surface area contributed by atoms with E-state index in [2.05, 4.69) is 20.1 Å². The van der Waals surface area contributed by atoms with Crippen LogP contribution in [-0.4, -0.2) is 43.0 Å². The van der Waals surface area contributed by atoms with Crippen LogP contribution in [0.25, 0.3) is 0 Å². The molecule has 0 aromatic rings. The molecule has 0 aromatic heterocycles. The van der Waals surface area contributed by atoms with Crippen LogP contribution in [-0.2, 0) is 4.79 Å². The fraction of sp³-hybridized carbons (Fsp3) is 0.917. The first-order chi connectivity index (χ1) is 7.43. The predicted octanol–water partition coefficient (Wildman–Crippen LogP) is 1.96. The van der Waals surface area contributed by atoms with E-state index in [-0.39, 0.29) is 11.3 Å². The molecule has 0 fully saturated rings. The second kappa shape index (κ2) is 7.96. The molecule has 0 rings (SSSR count). The van der Waals surface area contributed by atoms with Gasteiger partial charge in [0.15, 0.2) is 0 Å². The molecule has 2 N–H and O–H groups in total. The molecule has 0 radical (unpaired) electrons. The van der Waals surface area contributed by atoms with Crippen LogP contribution in [0.15, 0.2) is 0 Å². The maximum absolute atomic E-state index is 11.8. The number of rotatable bonds is 8. The molecule has 0 heterocycles. The normalized spacial score (nSPS) is 11.6. The lowest BCUT2D eigenvalue weighted by atomic mass is 9.93. The molecule has 3 nitrogen and oxygen atoms in total. The van der Waals surface area contributed by atoms with Crippen molar-refractivity contribution in [3.63, 3.8) is 0 Å². The smallest absolute Gasteiger partial charge is 0.222 e. The molecule has 0 atom stereocenters. The van der Waals surface area contributed by atoms with E-state index in [0.717, 1.165) is 25.1 Å². The van der Waals surface area contributed by atoms with Crippen LogP contribution in [0.3, 0.4) is 0 Å². The highest BCUT2D eigenvalue weighted by Gasteiger charge is 2.20. The van der Waals surface area contributed by atoms with Gasteiger partial charge in [-0.3, -0.25) is 4.79 Å². The molecule has 0 saturated carbocycles. The van der Waals surface area contributed by atoms with E-state index >= 15 is 0 Å². The third kappa shape index (κ3) is 7.12. The van der Waals surface area contributed by atoms with Crippen molar-refractivity contribution < 1.29 is 4.79 Å². The Kier molecular flexibility index (Phi) is 7.85. The van der Waals surface area contributed by atoms with E-state index in [1.54, 1.807) is 0 Å². The summed E-state index contributed by atoms with van der Waals surface area (Å²) in [5, 5.41) is 0. The number of thioether (sulfide) groups is 1. The monoisotopic (exact) mass is 246 g/mol. The van der Waals surface area contributed by atoms with Gasteiger partial charge < -0.3 is 10.6 Å². The minimum Gasteiger partial charge on any atom is -0.345 e. The van der Waals surface area contributed by atoms with Gasteiger partial charge in [0.1, 0.15) is 0 Å². The van der Waals surface area contributed by atoms with Crippen LogP contribution in [0.1, 0.15) is 33.1 Å². The molecule has 16 heavy (non-hydrogen) atoms. The van der Waals surface area contributed by atoms with E-state index in [4.69, 9.17) is 5.73 Å². The van der Waals surface area contributed by atoms with Crippen LogP contribution in [0.4, 0.5) is 0 Å². The molecule has 0 unspecified atom stereocenters. The van der Waals surface area contributed by atoms with Gasteiger partial charge in [0, 0.05) is 20.0 Å². The van der Waals surface area contributed by atoms with Gasteiger partial charge >= 0.3 is 0 Å². The number of nitrogens with two attached hydrogens (primary N) is 1. The van der Waals surface area contributed by atoms with Gasteiger partial charge in [-0.2, -0.15) is 11.8 Å². The summed E-state index contributed by atoms with van der Waals surface area (Å²) < 4.78 is 0. The number of hydrogen-bond donors (Lipinski definition) is 1. The zero-order chi connectivity index (χ0) is 12.6. The van der Waals surface area contributed by atoms with Gasteiger partial charge in [0.25, 0.3) is 0 Å². The molecule has 0 aromatic carbocycles. The fourth-order valence-corrected chi connectivity index (χ4v) is 2.00. The third-order valence-corrected chi connectivity index (χ3v) is 3.33. The first-order valence-electron chi connectivity index (χ1n) is 5.86. The highest BCUT2D eigenvalue weighted by Crippen LogP contribution is 2.15. The number of hydrogen-bond acceptors (Lipinski definition) is 3. The number of carbonyl (C=O) groups excluding carboxylic acids is 1. The summed E-state index contributed by atoms with van der Waals surface area (Å²) in [4.78, 5) is 13.6. The van der Waals surface area contributed by atoms with Crippen molar-refractivity contribution in [1.82, 2.24) is 4.90 Å². The van der Waals surface area contributed by atoms with Crippen LogP contribution in [0.2, 0.25) is 0 Å². The van der Waals surface area contributed by atoms with Crippen LogP contribution in [0, 0.1) is 5.41 Å². The van der Waals surface area contributed by atoms with Crippen LogP contribution in [0.5, 0.6) is 0 Å². The number of amides is 1. The molecule has 1 amide bonds. The molecular formula is C12H26N2OS. The van der Waals surface area contributed by atoms with Gasteiger partial charge in [0.05, 0.1) is 0 Å². The quantitative estimate of drug-likeness (QED) is 0.666. The van der Waals surface area contributed by atoms with Gasteiger partial charge in [-0.05, 0) is 36.8 Å². The van der Waals surface area contributed by atoms with Crippen molar-refractivity contribution in [3.05, 3.63) is 0 Å². The third-order valence-electron chi connectivity index (χ3n) is 2.63. The van der Waals surface area contributed by atoms with Crippen molar-refractivity contribution in [1.29, 1.82) is 0 Å². The average molecular weight is 246 g/mol. The lowest BCUT2D eigenvalue weighted by Gasteiger charge is -2.29. The lowest BCUT2D eigenvalue weighted by Crippen LogP contribution is -2.39. The topological polar surface area (TPSA) is 46.3 Å². The molecule has 0 bridgehead atoms. The zero-order valence-corrected chi connectivity index (χ0v) is 11.9. The van der Waals surface area contributed by atoms with E-state index < -0.39 is 0 Å². The Morgan fingerprint density at radius 1 is 1.38 bits per heavy atom. The number of nitrogens with zero attached hydrogens (tertiary/aromatic N) is 1. The first-order valence-corrected chi connectivity index (χ1v) is 7.25. The minimum absolute atomic E-state index is 0.0175. The maximum atomic E-state index is 11.8. The Morgan fingerprint density at radius 2 is 2.00 bits per heavy atom. The molecular weight excluding hydrogens is 220 g/mol. The number of carbonyl (C=O) groups is 1. The summed E-state index contributed by atoms with van der Waals surface area (Å²) in [6.45, 7) is 5.52. The average Bonchev–Trinajstić information content (AvgIpc) is 2.23. The standard InChI is InChI=1S/C12H26N2OS/c1-12(2,9-13)10-14(3)11(15)7-5-6-8-16-4/h5-10,13H2,1-4H3. The highest BCUT2D eigenvalue weighted by atomic mass is 32.2. The molecule has 0 aliphatic rings. The lowest BCUT2D eigenvalue weighted by molar-refractivity contribution is -0.131. The summed E-state index contributed by atoms with van der Waals surface area (Å²) in [5.41, 5.74) is 5.67. The summed E-state index contributed by atoms with van der Waals surface area (Å²) in [6.07, 6.45) is 4.88. The van der Waals surface area contributed by atoms with Crippen molar-refractivity contribution in [2.24, 2.45) is 11.1 Å². The zero-order valence-electron chi connectivity index (χ0n) is 11.1. The summed E-state index contributed by atoms with van der Waals surface area (Å²) >= 11 is 1.83.